The van der Waals surface area contributed by atoms with Crippen LogP contribution in [0.4, 0.5) is 0 Å². The highest BCUT2D eigenvalue weighted by Gasteiger charge is 2.16. The topological polar surface area (TPSA) is 18.5 Å². The Kier molecular flexibility index (Phi) is 1.68. The summed E-state index contributed by atoms with van der Waals surface area (Å²) >= 11 is 0. The zero-order valence-corrected chi connectivity index (χ0v) is 7.33. The maximum atomic E-state index is 5.56. The number of rotatable bonds is 0. The first-order valence-corrected chi connectivity index (χ1v) is 4.16. The van der Waals surface area contributed by atoms with Crippen LogP contribution >= 0.6 is 0 Å². The lowest BCUT2D eigenvalue weighted by Gasteiger charge is -2.23. The van der Waals surface area contributed by atoms with Gasteiger partial charge in [0.15, 0.2) is 11.5 Å². The molecule has 0 saturated heterocycles. The lowest BCUT2D eigenvalue weighted by Crippen LogP contribution is -2.25. The molecular formula is C10H12O2. The Balaban J connectivity index is 2.37. The van der Waals surface area contributed by atoms with Crippen molar-refractivity contribution in [3.63, 3.8) is 0 Å². The number of hydrogen-bond donors (Lipinski definition) is 0. The molecule has 12 heavy (non-hydrogen) atoms. The molecule has 0 spiro atoms. The van der Waals surface area contributed by atoms with E-state index in [1.807, 2.05) is 32.0 Å². The number of aryl methyl sites for hydroxylation is 1. The van der Waals surface area contributed by atoms with E-state index in [9.17, 15) is 0 Å². The van der Waals surface area contributed by atoms with E-state index in [-0.39, 0.29) is 6.10 Å². The molecule has 2 rings (SSSR count). The van der Waals surface area contributed by atoms with E-state index >= 15 is 0 Å². The zero-order valence-electron chi connectivity index (χ0n) is 7.33. The molecule has 64 valence electrons. The van der Waals surface area contributed by atoms with Gasteiger partial charge in [-0.25, -0.2) is 0 Å². The molecule has 0 aliphatic carbocycles. The van der Waals surface area contributed by atoms with Gasteiger partial charge in [0.05, 0.1) is 0 Å². The SMILES string of the molecule is Cc1ccc2c(c1)OCC(C)O2. The fourth-order valence-electron chi connectivity index (χ4n) is 1.28. The van der Waals surface area contributed by atoms with Crippen LogP contribution in [0.3, 0.4) is 0 Å². The Bertz CT molecular complexity index is 294. The third-order valence-corrected chi connectivity index (χ3v) is 1.90. The molecule has 1 aliphatic rings. The summed E-state index contributed by atoms with van der Waals surface area (Å²) in [7, 11) is 0. The van der Waals surface area contributed by atoms with Crippen LogP contribution in [-0.2, 0) is 0 Å². The lowest BCUT2D eigenvalue weighted by molar-refractivity contribution is 0.104. The van der Waals surface area contributed by atoms with Gasteiger partial charge in [-0.1, -0.05) is 6.07 Å². The van der Waals surface area contributed by atoms with Crippen molar-refractivity contribution in [2.75, 3.05) is 6.61 Å². The molecule has 1 heterocycles. The van der Waals surface area contributed by atoms with Gasteiger partial charge in [-0.15, -0.1) is 0 Å². The molecular weight excluding hydrogens is 152 g/mol. The fourth-order valence-corrected chi connectivity index (χ4v) is 1.28. The Labute approximate surface area is 72.1 Å². The summed E-state index contributed by atoms with van der Waals surface area (Å²) in [6.45, 7) is 4.70. The molecule has 0 N–H and O–H groups in total. The summed E-state index contributed by atoms with van der Waals surface area (Å²) < 4.78 is 11.1. The molecule has 1 unspecified atom stereocenters. The minimum atomic E-state index is 0.167. The Hall–Kier alpha value is -1.18. The lowest BCUT2D eigenvalue weighted by atomic mass is 10.2. The van der Waals surface area contributed by atoms with Crippen LogP contribution in [0.2, 0.25) is 0 Å². The van der Waals surface area contributed by atoms with Crippen molar-refractivity contribution in [1.82, 2.24) is 0 Å². The predicted molar refractivity (Wildman–Crippen MR) is 46.8 cm³/mol. The van der Waals surface area contributed by atoms with E-state index in [2.05, 4.69) is 0 Å². The standard InChI is InChI=1S/C10H12O2/c1-7-3-4-9-10(5-7)11-6-8(2)12-9/h3-5,8H,6H2,1-2H3. The van der Waals surface area contributed by atoms with Crippen LogP contribution in [0.15, 0.2) is 18.2 Å². The monoisotopic (exact) mass is 164 g/mol. The van der Waals surface area contributed by atoms with Gasteiger partial charge in [-0.05, 0) is 31.5 Å². The van der Waals surface area contributed by atoms with E-state index < -0.39 is 0 Å². The first kappa shape index (κ1) is 7.47. The van der Waals surface area contributed by atoms with Gasteiger partial charge in [0, 0.05) is 0 Å². The van der Waals surface area contributed by atoms with Crippen molar-refractivity contribution in [2.45, 2.75) is 20.0 Å². The molecule has 0 saturated carbocycles. The van der Waals surface area contributed by atoms with E-state index in [4.69, 9.17) is 9.47 Å². The van der Waals surface area contributed by atoms with Crippen molar-refractivity contribution in [3.05, 3.63) is 23.8 Å². The van der Waals surface area contributed by atoms with Gasteiger partial charge in [-0.2, -0.15) is 0 Å². The highest BCUT2D eigenvalue weighted by atomic mass is 16.6. The average molecular weight is 164 g/mol. The van der Waals surface area contributed by atoms with Crippen LogP contribution in [-0.4, -0.2) is 12.7 Å². The highest BCUT2D eigenvalue weighted by molar-refractivity contribution is 5.43. The number of hydrogen-bond acceptors (Lipinski definition) is 2. The zero-order chi connectivity index (χ0) is 8.55. The third kappa shape index (κ3) is 1.24. The fraction of sp³-hybridized carbons (Fsp3) is 0.400. The van der Waals surface area contributed by atoms with Crippen molar-refractivity contribution < 1.29 is 9.47 Å². The van der Waals surface area contributed by atoms with E-state index in [1.165, 1.54) is 5.56 Å². The Morgan fingerprint density at radius 2 is 2.17 bits per heavy atom. The van der Waals surface area contributed by atoms with Crippen molar-refractivity contribution in [3.8, 4) is 11.5 Å². The maximum absolute atomic E-state index is 5.56. The second-order valence-corrected chi connectivity index (χ2v) is 3.19. The minimum Gasteiger partial charge on any atom is -0.486 e. The molecule has 0 radical (unpaired) electrons. The Morgan fingerprint density at radius 3 is 3.00 bits per heavy atom. The van der Waals surface area contributed by atoms with Crippen LogP contribution in [0.5, 0.6) is 11.5 Å². The second-order valence-electron chi connectivity index (χ2n) is 3.19. The third-order valence-electron chi connectivity index (χ3n) is 1.90. The molecule has 0 amide bonds. The average Bonchev–Trinajstić information content (AvgIpc) is 2.05. The van der Waals surface area contributed by atoms with Crippen LogP contribution in [0.1, 0.15) is 12.5 Å². The summed E-state index contributed by atoms with van der Waals surface area (Å²) in [4.78, 5) is 0. The first-order valence-electron chi connectivity index (χ1n) is 4.16. The summed E-state index contributed by atoms with van der Waals surface area (Å²) in [5.74, 6) is 1.73. The molecule has 0 bridgehead atoms. The van der Waals surface area contributed by atoms with E-state index in [0.717, 1.165) is 11.5 Å². The normalized spacial score (nSPS) is 20.7. The second kappa shape index (κ2) is 2.70. The maximum Gasteiger partial charge on any atom is 0.161 e. The van der Waals surface area contributed by atoms with Gasteiger partial charge in [-0.3, -0.25) is 0 Å². The molecule has 1 aromatic rings. The summed E-state index contributed by atoms with van der Waals surface area (Å²) in [6, 6.07) is 5.99. The quantitative estimate of drug-likeness (QED) is 0.585. The van der Waals surface area contributed by atoms with Gasteiger partial charge >= 0.3 is 0 Å². The molecule has 1 aromatic carbocycles. The number of fused-ring (bicyclic) bond motifs is 1. The van der Waals surface area contributed by atoms with Crippen LogP contribution < -0.4 is 9.47 Å². The summed E-state index contributed by atoms with van der Waals surface area (Å²) in [5.41, 5.74) is 1.20. The highest BCUT2D eigenvalue weighted by Crippen LogP contribution is 2.31. The smallest absolute Gasteiger partial charge is 0.161 e. The predicted octanol–water partition coefficient (Wildman–Crippen LogP) is 2.15. The van der Waals surface area contributed by atoms with Gasteiger partial charge in [0.2, 0.25) is 0 Å². The van der Waals surface area contributed by atoms with Crippen LogP contribution in [0.25, 0.3) is 0 Å². The first-order chi connectivity index (χ1) is 5.75. The molecule has 0 fully saturated rings. The van der Waals surface area contributed by atoms with Crippen molar-refractivity contribution >= 4 is 0 Å². The number of ether oxygens (including phenoxy) is 2. The van der Waals surface area contributed by atoms with Gasteiger partial charge in [0.25, 0.3) is 0 Å². The molecule has 1 aliphatic heterocycles. The van der Waals surface area contributed by atoms with Gasteiger partial charge < -0.3 is 9.47 Å². The molecule has 2 heteroatoms. The molecule has 1 atom stereocenters. The summed E-state index contributed by atoms with van der Waals surface area (Å²) in [6.07, 6.45) is 0.167. The van der Waals surface area contributed by atoms with Crippen molar-refractivity contribution in [1.29, 1.82) is 0 Å². The van der Waals surface area contributed by atoms with Crippen molar-refractivity contribution in [2.24, 2.45) is 0 Å². The Morgan fingerprint density at radius 1 is 1.33 bits per heavy atom. The molecule has 2 nitrogen and oxygen atoms in total. The minimum absolute atomic E-state index is 0.167. The largest absolute Gasteiger partial charge is 0.486 e. The van der Waals surface area contributed by atoms with E-state index in [1.54, 1.807) is 0 Å². The van der Waals surface area contributed by atoms with Crippen LogP contribution in [0, 0.1) is 6.92 Å². The molecule has 0 aromatic heterocycles. The number of benzene rings is 1. The van der Waals surface area contributed by atoms with Gasteiger partial charge in [0.1, 0.15) is 12.7 Å². The van der Waals surface area contributed by atoms with E-state index in [0.29, 0.717) is 6.61 Å². The summed E-state index contributed by atoms with van der Waals surface area (Å²) in [5, 5.41) is 0.